The normalized spacial score (nSPS) is 16.1. The molecular weight excluding hydrogens is 305 g/mol. The van der Waals surface area contributed by atoms with E-state index in [0.29, 0.717) is 5.75 Å². The van der Waals surface area contributed by atoms with Gasteiger partial charge in [0, 0.05) is 12.1 Å². The van der Waals surface area contributed by atoms with Crippen LogP contribution in [0.25, 0.3) is 17.2 Å². The van der Waals surface area contributed by atoms with E-state index in [1.807, 2.05) is 25.1 Å². The average Bonchev–Trinajstić information content (AvgIpc) is 2.59. The Balaban J connectivity index is 2.09. The van der Waals surface area contributed by atoms with Gasteiger partial charge in [0.1, 0.15) is 11.6 Å². The van der Waals surface area contributed by atoms with Crippen molar-refractivity contribution in [3.8, 4) is 16.9 Å². The molecule has 2 aromatic carbocycles. The molecule has 1 aliphatic heterocycles. The second kappa shape index (κ2) is 6.87. The van der Waals surface area contributed by atoms with Crippen molar-refractivity contribution in [1.82, 2.24) is 5.32 Å². The fraction of sp³-hybridized carbons (Fsp3) is 0.250. The van der Waals surface area contributed by atoms with Crippen molar-refractivity contribution in [3.05, 3.63) is 58.9 Å². The van der Waals surface area contributed by atoms with E-state index in [-0.39, 0.29) is 11.7 Å². The molecule has 24 heavy (non-hydrogen) atoms. The van der Waals surface area contributed by atoms with Crippen molar-refractivity contribution in [2.24, 2.45) is 0 Å². The van der Waals surface area contributed by atoms with Gasteiger partial charge in [-0.05, 0) is 72.4 Å². The van der Waals surface area contributed by atoms with Gasteiger partial charge in [-0.3, -0.25) is 4.79 Å². The number of carbonyl (C=O) groups excluding carboxylic acids is 1. The summed E-state index contributed by atoms with van der Waals surface area (Å²) in [6.07, 6.45) is 3.65. The molecule has 1 fully saturated rings. The topological polar surface area (TPSA) is 38.3 Å². The van der Waals surface area contributed by atoms with E-state index in [1.54, 1.807) is 19.2 Å². The Morgan fingerprint density at radius 3 is 2.62 bits per heavy atom. The van der Waals surface area contributed by atoms with Gasteiger partial charge in [0.05, 0.1) is 7.11 Å². The first-order valence-electron chi connectivity index (χ1n) is 8.02. The van der Waals surface area contributed by atoms with E-state index in [2.05, 4.69) is 5.32 Å². The molecule has 0 unspecified atom stereocenters. The van der Waals surface area contributed by atoms with E-state index in [9.17, 15) is 9.18 Å². The van der Waals surface area contributed by atoms with E-state index in [4.69, 9.17) is 4.74 Å². The number of benzene rings is 2. The van der Waals surface area contributed by atoms with Crippen LogP contribution in [0.5, 0.6) is 5.75 Å². The summed E-state index contributed by atoms with van der Waals surface area (Å²) in [5.41, 5.74) is 4.65. The lowest BCUT2D eigenvalue weighted by Crippen LogP contribution is -2.30. The number of rotatable bonds is 3. The monoisotopic (exact) mass is 325 g/mol. The van der Waals surface area contributed by atoms with Crippen LogP contribution in [0.15, 0.2) is 42.0 Å². The SMILES string of the molecule is COc1cc(/C=C2\CCCNC2=O)c(C)c(-c2ccc(F)cc2)c1. The Labute approximate surface area is 141 Å². The molecule has 4 heteroatoms. The highest BCUT2D eigenvalue weighted by molar-refractivity contribution is 5.99. The van der Waals surface area contributed by atoms with E-state index in [0.717, 1.165) is 47.2 Å². The molecule has 0 aliphatic carbocycles. The molecule has 0 atom stereocenters. The van der Waals surface area contributed by atoms with Crippen molar-refractivity contribution < 1.29 is 13.9 Å². The van der Waals surface area contributed by atoms with E-state index < -0.39 is 0 Å². The summed E-state index contributed by atoms with van der Waals surface area (Å²) in [6, 6.07) is 10.3. The molecule has 0 spiro atoms. The van der Waals surface area contributed by atoms with Crippen LogP contribution in [0.3, 0.4) is 0 Å². The highest BCUT2D eigenvalue weighted by Crippen LogP contribution is 2.32. The van der Waals surface area contributed by atoms with Gasteiger partial charge in [-0.1, -0.05) is 12.1 Å². The fourth-order valence-electron chi connectivity index (χ4n) is 2.94. The minimum absolute atomic E-state index is 0.00759. The van der Waals surface area contributed by atoms with E-state index in [1.165, 1.54) is 12.1 Å². The molecule has 1 aliphatic rings. The van der Waals surface area contributed by atoms with Crippen LogP contribution in [0.1, 0.15) is 24.0 Å². The number of hydrogen-bond donors (Lipinski definition) is 1. The molecule has 2 aromatic rings. The largest absolute Gasteiger partial charge is 0.497 e. The summed E-state index contributed by atoms with van der Waals surface area (Å²) in [6.45, 7) is 2.74. The summed E-state index contributed by atoms with van der Waals surface area (Å²) in [4.78, 5) is 12.0. The number of halogens is 1. The number of amides is 1. The van der Waals surface area contributed by atoms with Crippen LogP contribution < -0.4 is 10.1 Å². The Kier molecular flexibility index (Phi) is 4.65. The zero-order valence-electron chi connectivity index (χ0n) is 13.9. The minimum Gasteiger partial charge on any atom is -0.497 e. The van der Waals surface area contributed by atoms with Crippen LogP contribution in [-0.2, 0) is 4.79 Å². The molecular formula is C20H20FNO2. The molecule has 0 radical (unpaired) electrons. The van der Waals surface area contributed by atoms with Crippen LogP contribution in [-0.4, -0.2) is 19.6 Å². The van der Waals surface area contributed by atoms with Crippen LogP contribution in [0.4, 0.5) is 4.39 Å². The fourth-order valence-corrected chi connectivity index (χ4v) is 2.94. The Bertz CT molecular complexity index is 794. The molecule has 3 rings (SSSR count). The molecule has 1 saturated heterocycles. The minimum atomic E-state index is -0.263. The van der Waals surface area contributed by atoms with Gasteiger partial charge in [-0.25, -0.2) is 4.39 Å². The lowest BCUT2D eigenvalue weighted by molar-refractivity contribution is -0.118. The summed E-state index contributed by atoms with van der Waals surface area (Å²) >= 11 is 0. The van der Waals surface area contributed by atoms with Crippen molar-refractivity contribution in [2.45, 2.75) is 19.8 Å². The van der Waals surface area contributed by atoms with Crippen molar-refractivity contribution in [3.63, 3.8) is 0 Å². The zero-order chi connectivity index (χ0) is 17.1. The van der Waals surface area contributed by atoms with Crippen molar-refractivity contribution >= 4 is 12.0 Å². The second-order valence-electron chi connectivity index (χ2n) is 5.93. The van der Waals surface area contributed by atoms with Crippen LogP contribution in [0, 0.1) is 12.7 Å². The molecule has 1 amide bonds. The first kappa shape index (κ1) is 16.2. The maximum Gasteiger partial charge on any atom is 0.247 e. The maximum absolute atomic E-state index is 13.2. The summed E-state index contributed by atoms with van der Waals surface area (Å²) in [5, 5.41) is 2.87. The third-order valence-electron chi connectivity index (χ3n) is 4.34. The second-order valence-corrected chi connectivity index (χ2v) is 5.93. The van der Waals surface area contributed by atoms with Crippen LogP contribution in [0.2, 0.25) is 0 Å². The maximum atomic E-state index is 13.2. The molecule has 1 heterocycles. The highest BCUT2D eigenvalue weighted by atomic mass is 19.1. The van der Waals surface area contributed by atoms with Gasteiger partial charge in [0.2, 0.25) is 5.91 Å². The molecule has 0 bridgehead atoms. The molecule has 1 N–H and O–H groups in total. The van der Waals surface area contributed by atoms with Gasteiger partial charge in [0.15, 0.2) is 0 Å². The molecule has 124 valence electrons. The number of nitrogens with one attached hydrogen (secondary N) is 1. The van der Waals surface area contributed by atoms with Crippen molar-refractivity contribution in [1.29, 1.82) is 0 Å². The third-order valence-corrected chi connectivity index (χ3v) is 4.34. The third kappa shape index (κ3) is 3.32. The summed E-state index contributed by atoms with van der Waals surface area (Å²) in [7, 11) is 1.61. The molecule has 3 nitrogen and oxygen atoms in total. The van der Waals surface area contributed by atoms with Gasteiger partial charge >= 0.3 is 0 Å². The first-order chi connectivity index (χ1) is 11.6. The number of ether oxygens (including phenoxy) is 1. The summed E-state index contributed by atoms with van der Waals surface area (Å²) < 4.78 is 18.6. The van der Waals surface area contributed by atoms with E-state index >= 15 is 0 Å². The Morgan fingerprint density at radius 1 is 1.21 bits per heavy atom. The average molecular weight is 325 g/mol. The molecule has 0 saturated carbocycles. The smallest absolute Gasteiger partial charge is 0.247 e. The summed E-state index contributed by atoms with van der Waals surface area (Å²) in [5.74, 6) is 0.440. The highest BCUT2D eigenvalue weighted by Gasteiger charge is 2.16. The Morgan fingerprint density at radius 2 is 1.96 bits per heavy atom. The lowest BCUT2D eigenvalue weighted by Gasteiger charge is -2.17. The zero-order valence-corrected chi connectivity index (χ0v) is 13.9. The standard InChI is InChI=1S/C20H20FNO2/c1-13-16(10-15-4-3-9-22-20(15)23)11-18(24-2)12-19(13)14-5-7-17(21)8-6-14/h5-8,10-12H,3-4,9H2,1-2H3,(H,22,23)/b15-10+. The predicted octanol–water partition coefficient (Wildman–Crippen LogP) is 4.10. The van der Waals surface area contributed by atoms with Gasteiger partial charge in [-0.2, -0.15) is 0 Å². The van der Waals surface area contributed by atoms with Gasteiger partial charge < -0.3 is 10.1 Å². The number of carbonyl (C=O) groups is 1. The van der Waals surface area contributed by atoms with Crippen LogP contribution >= 0.6 is 0 Å². The number of hydrogen-bond acceptors (Lipinski definition) is 2. The van der Waals surface area contributed by atoms with Gasteiger partial charge in [-0.15, -0.1) is 0 Å². The lowest BCUT2D eigenvalue weighted by atomic mass is 9.93. The quantitative estimate of drug-likeness (QED) is 0.863. The predicted molar refractivity (Wildman–Crippen MR) is 93.3 cm³/mol. The van der Waals surface area contributed by atoms with Crippen molar-refractivity contribution in [2.75, 3.05) is 13.7 Å². The Hall–Kier alpha value is -2.62. The van der Waals surface area contributed by atoms with Gasteiger partial charge in [0.25, 0.3) is 0 Å². The number of piperidine rings is 1. The first-order valence-corrected chi connectivity index (χ1v) is 8.02. The number of methoxy groups -OCH3 is 1. The molecule has 0 aromatic heterocycles.